The van der Waals surface area contributed by atoms with Crippen LogP contribution in [-0.4, -0.2) is 42.9 Å². The lowest BCUT2D eigenvalue weighted by atomic mass is 9.91. The third-order valence-electron chi connectivity index (χ3n) is 4.33. The molecule has 1 fully saturated rings. The summed E-state index contributed by atoms with van der Waals surface area (Å²) in [5, 5.41) is 6.12. The van der Waals surface area contributed by atoms with E-state index in [1.54, 1.807) is 0 Å². The van der Waals surface area contributed by atoms with Crippen molar-refractivity contribution in [3.05, 3.63) is 30.0 Å². The van der Waals surface area contributed by atoms with Gasteiger partial charge in [0, 0.05) is 24.5 Å². The van der Waals surface area contributed by atoms with Crippen LogP contribution in [0.5, 0.6) is 0 Å². The number of nitrogen functional groups attached to an aromatic ring is 1. The maximum Gasteiger partial charge on any atom is 0.271 e. The average Bonchev–Trinajstić information content (AvgIpc) is 2.64. The Morgan fingerprint density at radius 2 is 1.89 bits per heavy atom. The number of hydrogen-bond donors (Lipinski definition) is 5. The van der Waals surface area contributed by atoms with Gasteiger partial charge < -0.3 is 27.8 Å². The number of carbonyl (C=O) groups excluding carboxylic acids is 1. The first-order valence-corrected chi connectivity index (χ1v) is 8.93. The van der Waals surface area contributed by atoms with Crippen molar-refractivity contribution in [2.24, 2.45) is 11.5 Å². The van der Waals surface area contributed by atoms with Gasteiger partial charge in [-0.05, 0) is 12.8 Å². The number of nitrogens with one attached hydrogen (secondary N) is 2. The number of hydrogen-bond acceptors (Lipinski definition) is 9. The zero-order valence-electron chi connectivity index (χ0n) is 14.6. The third-order valence-corrected chi connectivity index (χ3v) is 4.63. The second kappa shape index (κ2) is 8.18. The SMILES string of the molecule is NC(=O)c1ncc(N[C@@H]2CCCC[C@@H]2N)nc1NC(=S)c1nccnc1N. The van der Waals surface area contributed by atoms with Crippen LogP contribution in [-0.2, 0) is 0 Å². The van der Waals surface area contributed by atoms with E-state index in [-0.39, 0.29) is 40.1 Å². The number of nitrogens with two attached hydrogens (primary N) is 3. The largest absolute Gasteiger partial charge is 0.382 e. The molecule has 2 atom stereocenters. The van der Waals surface area contributed by atoms with Crippen LogP contribution in [0.4, 0.5) is 17.5 Å². The van der Waals surface area contributed by atoms with Crippen molar-refractivity contribution in [2.45, 2.75) is 37.8 Å². The summed E-state index contributed by atoms with van der Waals surface area (Å²) >= 11 is 5.31. The Labute approximate surface area is 161 Å². The number of carbonyl (C=O) groups is 1. The lowest BCUT2D eigenvalue weighted by Crippen LogP contribution is -2.42. The molecule has 2 aromatic heterocycles. The first-order chi connectivity index (χ1) is 13.0. The van der Waals surface area contributed by atoms with E-state index in [0.717, 1.165) is 25.7 Å². The van der Waals surface area contributed by atoms with Crippen molar-refractivity contribution in [1.82, 2.24) is 19.9 Å². The highest BCUT2D eigenvalue weighted by Crippen LogP contribution is 2.22. The Kier molecular flexibility index (Phi) is 5.72. The molecule has 0 bridgehead atoms. The monoisotopic (exact) mass is 387 g/mol. The van der Waals surface area contributed by atoms with Crippen LogP contribution in [0.3, 0.4) is 0 Å². The van der Waals surface area contributed by atoms with E-state index in [1.807, 2.05) is 0 Å². The number of anilines is 3. The smallest absolute Gasteiger partial charge is 0.271 e. The molecule has 10 nitrogen and oxygen atoms in total. The molecule has 0 saturated heterocycles. The maximum absolute atomic E-state index is 11.7. The molecule has 0 radical (unpaired) electrons. The van der Waals surface area contributed by atoms with Crippen molar-refractivity contribution >= 4 is 40.6 Å². The molecule has 0 spiro atoms. The minimum atomic E-state index is -0.735. The summed E-state index contributed by atoms with van der Waals surface area (Å²) in [5.74, 6) is 0.0126. The molecule has 0 aliphatic heterocycles. The fourth-order valence-electron chi connectivity index (χ4n) is 2.95. The van der Waals surface area contributed by atoms with Gasteiger partial charge in [-0.2, -0.15) is 0 Å². The molecule has 3 rings (SSSR count). The van der Waals surface area contributed by atoms with E-state index in [1.165, 1.54) is 18.6 Å². The minimum absolute atomic E-state index is 0.0354. The van der Waals surface area contributed by atoms with Gasteiger partial charge >= 0.3 is 0 Å². The van der Waals surface area contributed by atoms with E-state index in [9.17, 15) is 4.79 Å². The van der Waals surface area contributed by atoms with Crippen LogP contribution in [0.1, 0.15) is 41.9 Å². The standard InChI is InChI=1S/C16H21N9OS/c17-8-3-1-2-4-9(8)23-10-7-22-12(14(19)26)15(24-10)25-16(27)11-13(18)21-6-5-20-11/h5-9H,1-4,17H2,(H2,18,21)(H2,19,26)(H2,23,24,25,27)/t8-,9+/m0/s1. The van der Waals surface area contributed by atoms with Gasteiger partial charge in [0.1, 0.15) is 16.5 Å². The van der Waals surface area contributed by atoms with Gasteiger partial charge in [0.05, 0.1) is 6.20 Å². The van der Waals surface area contributed by atoms with E-state index < -0.39 is 5.91 Å². The Morgan fingerprint density at radius 1 is 1.15 bits per heavy atom. The van der Waals surface area contributed by atoms with Gasteiger partial charge in [-0.15, -0.1) is 0 Å². The Hall–Kier alpha value is -2.92. The molecule has 142 valence electrons. The summed E-state index contributed by atoms with van der Waals surface area (Å²) in [4.78, 5) is 28.4. The van der Waals surface area contributed by atoms with Crippen molar-refractivity contribution in [3.8, 4) is 0 Å². The van der Waals surface area contributed by atoms with E-state index in [4.69, 9.17) is 29.4 Å². The number of thiocarbonyl (C=S) groups is 1. The van der Waals surface area contributed by atoms with Crippen molar-refractivity contribution in [3.63, 3.8) is 0 Å². The van der Waals surface area contributed by atoms with E-state index in [0.29, 0.717) is 5.82 Å². The molecule has 1 saturated carbocycles. The number of primary amides is 1. The van der Waals surface area contributed by atoms with Gasteiger partial charge in [0.15, 0.2) is 17.3 Å². The highest BCUT2D eigenvalue weighted by atomic mass is 32.1. The highest BCUT2D eigenvalue weighted by Gasteiger charge is 2.23. The summed E-state index contributed by atoms with van der Waals surface area (Å²) < 4.78 is 0. The number of aromatic nitrogens is 4. The molecule has 8 N–H and O–H groups in total. The first kappa shape index (κ1) is 18.9. The quantitative estimate of drug-likeness (QED) is 0.453. The summed E-state index contributed by atoms with van der Waals surface area (Å²) in [7, 11) is 0. The van der Waals surface area contributed by atoms with Crippen molar-refractivity contribution in [2.75, 3.05) is 16.4 Å². The molecule has 1 aliphatic rings. The topological polar surface area (TPSA) is 171 Å². The maximum atomic E-state index is 11.7. The van der Waals surface area contributed by atoms with E-state index >= 15 is 0 Å². The van der Waals surface area contributed by atoms with Crippen LogP contribution < -0.4 is 27.8 Å². The number of amides is 1. The molecule has 0 aromatic carbocycles. The van der Waals surface area contributed by atoms with E-state index in [2.05, 4.69) is 30.6 Å². The average molecular weight is 387 g/mol. The van der Waals surface area contributed by atoms with Crippen LogP contribution in [0.25, 0.3) is 0 Å². The van der Waals surface area contributed by atoms with Crippen molar-refractivity contribution in [1.29, 1.82) is 0 Å². The molecule has 1 aliphatic carbocycles. The minimum Gasteiger partial charge on any atom is -0.382 e. The van der Waals surface area contributed by atoms with Crippen LogP contribution in [0.2, 0.25) is 0 Å². The summed E-state index contributed by atoms with van der Waals surface area (Å²) in [5.41, 5.74) is 17.6. The number of rotatable bonds is 5. The van der Waals surface area contributed by atoms with Gasteiger partial charge in [-0.25, -0.2) is 19.9 Å². The number of nitrogens with zero attached hydrogens (tertiary/aromatic N) is 4. The van der Waals surface area contributed by atoms with Gasteiger partial charge in [0.25, 0.3) is 5.91 Å². The summed E-state index contributed by atoms with van der Waals surface area (Å²) in [6.45, 7) is 0. The lowest BCUT2D eigenvalue weighted by Gasteiger charge is -2.29. The van der Waals surface area contributed by atoms with Crippen molar-refractivity contribution < 1.29 is 4.79 Å². The lowest BCUT2D eigenvalue weighted by molar-refractivity contribution is 0.0996. The highest BCUT2D eigenvalue weighted by molar-refractivity contribution is 7.81. The fraction of sp³-hybridized carbons (Fsp3) is 0.375. The second-order valence-corrected chi connectivity index (χ2v) is 6.67. The molecule has 1 amide bonds. The Morgan fingerprint density at radius 3 is 2.59 bits per heavy atom. The van der Waals surface area contributed by atoms with Gasteiger partial charge in [-0.1, -0.05) is 25.1 Å². The van der Waals surface area contributed by atoms with Gasteiger partial charge in [-0.3, -0.25) is 4.79 Å². The molecule has 27 heavy (non-hydrogen) atoms. The molecule has 11 heteroatoms. The first-order valence-electron chi connectivity index (χ1n) is 8.52. The zero-order chi connectivity index (χ0) is 19.4. The van der Waals surface area contributed by atoms with Crippen LogP contribution >= 0.6 is 12.2 Å². The Balaban J connectivity index is 1.84. The fourth-order valence-corrected chi connectivity index (χ4v) is 3.20. The summed E-state index contributed by atoms with van der Waals surface area (Å²) in [6, 6.07) is 0.121. The molecular weight excluding hydrogens is 366 g/mol. The molecule has 0 unspecified atom stereocenters. The molecular formula is C16H21N9OS. The zero-order valence-corrected chi connectivity index (χ0v) is 15.4. The summed E-state index contributed by atoms with van der Waals surface area (Å²) in [6.07, 6.45) is 8.47. The normalized spacial score (nSPS) is 19.3. The molecule has 2 aromatic rings. The van der Waals surface area contributed by atoms with Crippen LogP contribution in [0.15, 0.2) is 18.6 Å². The van der Waals surface area contributed by atoms with Gasteiger partial charge in [0.2, 0.25) is 0 Å². The second-order valence-electron chi connectivity index (χ2n) is 6.26. The third kappa shape index (κ3) is 4.44. The Bertz CT molecular complexity index is 860. The molecule has 2 heterocycles. The van der Waals surface area contributed by atoms with Crippen LogP contribution in [0, 0.1) is 0 Å². The predicted molar refractivity (Wildman–Crippen MR) is 106 cm³/mol. The predicted octanol–water partition coefficient (Wildman–Crippen LogP) is 0.417.